The highest BCUT2D eigenvalue weighted by Crippen LogP contribution is 2.27. The predicted octanol–water partition coefficient (Wildman–Crippen LogP) is 2.94. The summed E-state index contributed by atoms with van der Waals surface area (Å²) in [7, 11) is 0. The van der Waals surface area contributed by atoms with Gasteiger partial charge in [-0.3, -0.25) is 9.59 Å². The standard InChI is InChI=1S/C23H28N4O4/c1-15(2)13-27-21(29)18-10-6-5-9-17(18)19(26-27)22(30)31-16(3)20(28)25-23(14-24)11-7-4-8-12-23/h5-6,9-10,15-16H,4,7-8,11-13H2,1-3H3,(H,25,28)/t16-/m0/s1. The number of rotatable bonds is 6. The van der Waals surface area contributed by atoms with Gasteiger partial charge in [-0.25, -0.2) is 9.48 Å². The molecule has 1 aliphatic rings. The SMILES string of the molecule is CC(C)Cn1nc(C(=O)O[C@@H](C)C(=O)NC2(C#N)CCCCC2)c2ccccc2c1=O. The first kappa shape index (κ1) is 22.5. The molecule has 2 aromatic rings. The Morgan fingerprint density at radius 3 is 2.45 bits per heavy atom. The summed E-state index contributed by atoms with van der Waals surface area (Å²) in [6, 6.07) is 8.93. The number of nitrogens with one attached hydrogen (secondary N) is 1. The van der Waals surface area contributed by atoms with Gasteiger partial charge in [-0.05, 0) is 31.7 Å². The summed E-state index contributed by atoms with van der Waals surface area (Å²) in [5.74, 6) is -1.15. The number of aromatic nitrogens is 2. The van der Waals surface area contributed by atoms with Crippen LogP contribution in [0.1, 0.15) is 63.4 Å². The fourth-order valence-electron chi connectivity index (χ4n) is 3.88. The van der Waals surface area contributed by atoms with Gasteiger partial charge in [-0.1, -0.05) is 51.3 Å². The average molecular weight is 425 g/mol. The van der Waals surface area contributed by atoms with Crippen molar-refractivity contribution < 1.29 is 14.3 Å². The molecule has 1 aromatic carbocycles. The van der Waals surface area contributed by atoms with Crippen LogP contribution in [0, 0.1) is 17.2 Å². The third kappa shape index (κ3) is 4.93. The minimum Gasteiger partial charge on any atom is -0.448 e. The maximum Gasteiger partial charge on any atom is 0.360 e. The van der Waals surface area contributed by atoms with E-state index in [0.717, 1.165) is 19.3 Å². The predicted molar refractivity (Wildman–Crippen MR) is 115 cm³/mol. The van der Waals surface area contributed by atoms with Crippen LogP contribution in [0.4, 0.5) is 0 Å². The number of fused-ring (bicyclic) bond motifs is 1. The van der Waals surface area contributed by atoms with E-state index in [0.29, 0.717) is 30.2 Å². The third-order valence-corrected chi connectivity index (χ3v) is 5.54. The first-order chi connectivity index (χ1) is 14.8. The van der Waals surface area contributed by atoms with Crippen LogP contribution in [-0.4, -0.2) is 33.3 Å². The Balaban J connectivity index is 1.84. The zero-order valence-electron chi connectivity index (χ0n) is 18.2. The molecule has 0 saturated heterocycles. The molecule has 1 saturated carbocycles. The number of nitrogens with zero attached hydrogens (tertiary/aromatic N) is 3. The van der Waals surface area contributed by atoms with Crippen LogP contribution < -0.4 is 10.9 Å². The van der Waals surface area contributed by atoms with Crippen molar-refractivity contribution in [3.63, 3.8) is 0 Å². The molecule has 1 aliphatic carbocycles. The summed E-state index contributed by atoms with van der Waals surface area (Å²) in [6.07, 6.45) is 2.84. The van der Waals surface area contributed by atoms with Gasteiger partial charge in [0.05, 0.1) is 11.5 Å². The number of hydrogen-bond acceptors (Lipinski definition) is 6. The lowest BCUT2D eigenvalue weighted by Crippen LogP contribution is -2.52. The lowest BCUT2D eigenvalue weighted by molar-refractivity contribution is -0.130. The number of hydrogen-bond donors (Lipinski definition) is 1. The Kier molecular flexibility index (Phi) is 6.74. The van der Waals surface area contributed by atoms with Crippen molar-refractivity contribution in [3.8, 4) is 6.07 Å². The average Bonchev–Trinajstić information content (AvgIpc) is 2.76. The molecule has 0 unspecified atom stereocenters. The number of nitriles is 1. The van der Waals surface area contributed by atoms with Gasteiger partial charge in [-0.2, -0.15) is 10.4 Å². The van der Waals surface area contributed by atoms with Crippen LogP contribution >= 0.6 is 0 Å². The topological polar surface area (TPSA) is 114 Å². The van der Waals surface area contributed by atoms with E-state index < -0.39 is 23.5 Å². The summed E-state index contributed by atoms with van der Waals surface area (Å²) in [5, 5.41) is 17.3. The van der Waals surface area contributed by atoms with Crippen molar-refractivity contribution in [1.82, 2.24) is 15.1 Å². The lowest BCUT2D eigenvalue weighted by atomic mass is 9.83. The van der Waals surface area contributed by atoms with E-state index >= 15 is 0 Å². The summed E-state index contributed by atoms with van der Waals surface area (Å²) in [4.78, 5) is 38.3. The summed E-state index contributed by atoms with van der Waals surface area (Å²) in [6.45, 7) is 5.71. The molecule has 0 aliphatic heterocycles. The van der Waals surface area contributed by atoms with E-state index in [1.807, 2.05) is 13.8 Å². The van der Waals surface area contributed by atoms with Gasteiger partial charge in [0.2, 0.25) is 0 Å². The minimum absolute atomic E-state index is 0.0110. The van der Waals surface area contributed by atoms with Crippen LogP contribution in [-0.2, 0) is 16.1 Å². The van der Waals surface area contributed by atoms with Crippen LogP contribution in [0.25, 0.3) is 10.8 Å². The van der Waals surface area contributed by atoms with Crippen molar-refractivity contribution in [1.29, 1.82) is 5.26 Å². The molecule has 1 atom stereocenters. The van der Waals surface area contributed by atoms with Crippen molar-refractivity contribution in [2.24, 2.45) is 5.92 Å². The zero-order valence-corrected chi connectivity index (χ0v) is 18.2. The molecule has 1 N–H and O–H groups in total. The second kappa shape index (κ2) is 9.29. The van der Waals surface area contributed by atoms with E-state index in [-0.39, 0.29) is 17.2 Å². The number of benzene rings is 1. The molecular formula is C23H28N4O4. The van der Waals surface area contributed by atoms with Crippen molar-refractivity contribution in [3.05, 3.63) is 40.3 Å². The molecule has 0 radical (unpaired) electrons. The summed E-state index contributed by atoms with van der Waals surface area (Å²) >= 11 is 0. The Hall–Kier alpha value is -3.21. The Bertz CT molecular complexity index is 1080. The van der Waals surface area contributed by atoms with E-state index in [2.05, 4.69) is 16.5 Å². The maximum absolute atomic E-state index is 12.9. The van der Waals surface area contributed by atoms with Gasteiger partial charge < -0.3 is 10.1 Å². The number of esters is 1. The number of amides is 1. The van der Waals surface area contributed by atoms with Gasteiger partial charge in [0.15, 0.2) is 11.8 Å². The maximum atomic E-state index is 12.9. The van der Waals surface area contributed by atoms with Crippen molar-refractivity contribution >= 4 is 22.6 Å². The van der Waals surface area contributed by atoms with Gasteiger partial charge in [0, 0.05) is 11.9 Å². The highest BCUT2D eigenvalue weighted by atomic mass is 16.5. The summed E-state index contributed by atoms with van der Waals surface area (Å²) < 4.78 is 6.66. The fraction of sp³-hybridized carbons (Fsp3) is 0.522. The molecule has 1 amide bonds. The number of ether oxygens (including phenoxy) is 1. The molecule has 31 heavy (non-hydrogen) atoms. The minimum atomic E-state index is -1.11. The highest BCUT2D eigenvalue weighted by Gasteiger charge is 2.35. The second-order valence-corrected chi connectivity index (χ2v) is 8.57. The quantitative estimate of drug-likeness (QED) is 0.713. The molecule has 0 spiro atoms. The normalized spacial score (nSPS) is 16.5. The number of carbonyl (C=O) groups excluding carboxylic acids is 2. The smallest absolute Gasteiger partial charge is 0.360 e. The van der Waals surface area contributed by atoms with Gasteiger partial charge in [-0.15, -0.1) is 0 Å². The molecule has 8 nitrogen and oxygen atoms in total. The van der Waals surface area contributed by atoms with Crippen LogP contribution in [0.15, 0.2) is 29.1 Å². The van der Waals surface area contributed by atoms with E-state index in [1.54, 1.807) is 24.3 Å². The first-order valence-electron chi connectivity index (χ1n) is 10.7. The van der Waals surface area contributed by atoms with Crippen LogP contribution in [0.5, 0.6) is 0 Å². The largest absolute Gasteiger partial charge is 0.448 e. The van der Waals surface area contributed by atoms with Gasteiger partial charge >= 0.3 is 5.97 Å². The lowest BCUT2D eigenvalue weighted by Gasteiger charge is -2.32. The molecule has 3 rings (SSSR count). The third-order valence-electron chi connectivity index (χ3n) is 5.54. The molecule has 1 heterocycles. The fourth-order valence-corrected chi connectivity index (χ4v) is 3.88. The molecule has 1 aromatic heterocycles. The number of carbonyl (C=O) groups is 2. The molecule has 1 fully saturated rings. The van der Waals surface area contributed by atoms with E-state index in [1.165, 1.54) is 11.6 Å². The van der Waals surface area contributed by atoms with Crippen molar-refractivity contribution in [2.45, 2.75) is 71.1 Å². The molecular weight excluding hydrogens is 396 g/mol. The monoisotopic (exact) mass is 424 g/mol. The highest BCUT2D eigenvalue weighted by molar-refractivity contribution is 6.02. The Morgan fingerprint density at radius 2 is 1.84 bits per heavy atom. The molecule has 164 valence electrons. The van der Waals surface area contributed by atoms with Crippen LogP contribution in [0.3, 0.4) is 0 Å². The second-order valence-electron chi connectivity index (χ2n) is 8.57. The van der Waals surface area contributed by atoms with Crippen molar-refractivity contribution in [2.75, 3.05) is 0 Å². The Morgan fingerprint density at radius 1 is 1.19 bits per heavy atom. The van der Waals surface area contributed by atoms with E-state index in [9.17, 15) is 19.6 Å². The Labute approximate surface area is 181 Å². The summed E-state index contributed by atoms with van der Waals surface area (Å²) in [5.41, 5.74) is -1.20. The van der Waals surface area contributed by atoms with Crippen LogP contribution in [0.2, 0.25) is 0 Å². The molecule has 8 heteroatoms. The van der Waals surface area contributed by atoms with Gasteiger partial charge in [0.25, 0.3) is 11.5 Å². The first-order valence-corrected chi connectivity index (χ1v) is 10.7. The molecule has 0 bridgehead atoms. The van der Waals surface area contributed by atoms with Gasteiger partial charge in [0.1, 0.15) is 5.54 Å². The van der Waals surface area contributed by atoms with E-state index in [4.69, 9.17) is 4.74 Å². The zero-order chi connectivity index (χ0) is 22.6.